The van der Waals surface area contributed by atoms with Crippen LogP contribution in [0, 0.1) is 5.82 Å². The van der Waals surface area contributed by atoms with Gasteiger partial charge in [0.25, 0.3) is 0 Å². The van der Waals surface area contributed by atoms with Crippen LogP contribution in [0.15, 0.2) is 36.4 Å². The van der Waals surface area contributed by atoms with E-state index in [0.717, 1.165) is 5.56 Å². The standard InChI is InChI=1S/C12H13FN4/c1-8(9-2-4-10(13)5-3-9)15-12-7-6-11(14)16-17-12/h2-8H,1H3,(H2,14,16)(H,15,17). The van der Waals surface area contributed by atoms with Crippen molar-refractivity contribution >= 4 is 11.6 Å². The van der Waals surface area contributed by atoms with Crippen LogP contribution in [0.2, 0.25) is 0 Å². The highest BCUT2D eigenvalue weighted by atomic mass is 19.1. The van der Waals surface area contributed by atoms with Gasteiger partial charge in [-0.15, -0.1) is 10.2 Å². The molecule has 1 aromatic carbocycles. The molecule has 0 aliphatic heterocycles. The average molecular weight is 232 g/mol. The van der Waals surface area contributed by atoms with E-state index in [2.05, 4.69) is 15.5 Å². The van der Waals surface area contributed by atoms with Crippen LogP contribution < -0.4 is 11.1 Å². The Kier molecular flexibility index (Phi) is 3.18. The normalized spacial score (nSPS) is 12.1. The molecule has 0 radical (unpaired) electrons. The third kappa shape index (κ3) is 2.90. The van der Waals surface area contributed by atoms with Gasteiger partial charge in [-0.05, 0) is 36.8 Å². The van der Waals surface area contributed by atoms with Gasteiger partial charge < -0.3 is 11.1 Å². The fraction of sp³-hybridized carbons (Fsp3) is 0.167. The second-order valence-corrected chi connectivity index (χ2v) is 3.76. The molecule has 1 aromatic heterocycles. The zero-order valence-corrected chi connectivity index (χ0v) is 9.39. The van der Waals surface area contributed by atoms with Gasteiger partial charge in [-0.1, -0.05) is 12.1 Å². The zero-order valence-electron chi connectivity index (χ0n) is 9.39. The Hall–Kier alpha value is -2.17. The lowest BCUT2D eigenvalue weighted by Gasteiger charge is -2.14. The molecular formula is C12H13FN4. The summed E-state index contributed by atoms with van der Waals surface area (Å²) in [6.45, 7) is 1.96. The number of hydrogen-bond donors (Lipinski definition) is 2. The molecule has 0 aliphatic rings. The number of halogens is 1. The lowest BCUT2D eigenvalue weighted by atomic mass is 10.1. The fourth-order valence-corrected chi connectivity index (χ4v) is 1.48. The monoisotopic (exact) mass is 232 g/mol. The van der Waals surface area contributed by atoms with Crippen molar-refractivity contribution in [2.75, 3.05) is 11.1 Å². The summed E-state index contributed by atoms with van der Waals surface area (Å²) < 4.78 is 12.8. The van der Waals surface area contributed by atoms with Crippen LogP contribution in [-0.4, -0.2) is 10.2 Å². The molecule has 0 saturated carbocycles. The molecule has 1 heterocycles. The number of benzene rings is 1. The number of hydrogen-bond acceptors (Lipinski definition) is 4. The van der Waals surface area contributed by atoms with Gasteiger partial charge in [-0.25, -0.2) is 4.39 Å². The molecule has 1 atom stereocenters. The first-order chi connectivity index (χ1) is 8.15. The van der Waals surface area contributed by atoms with Gasteiger partial charge in [0.2, 0.25) is 0 Å². The van der Waals surface area contributed by atoms with Crippen molar-refractivity contribution in [3.8, 4) is 0 Å². The van der Waals surface area contributed by atoms with E-state index in [0.29, 0.717) is 11.6 Å². The van der Waals surface area contributed by atoms with E-state index in [-0.39, 0.29) is 11.9 Å². The zero-order chi connectivity index (χ0) is 12.3. The van der Waals surface area contributed by atoms with Crippen LogP contribution in [0.1, 0.15) is 18.5 Å². The smallest absolute Gasteiger partial charge is 0.149 e. The minimum Gasteiger partial charge on any atom is -0.382 e. The van der Waals surface area contributed by atoms with Crippen LogP contribution in [-0.2, 0) is 0 Å². The van der Waals surface area contributed by atoms with E-state index in [4.69, 9.17) is 5.73 Å². The Balaban J connectivity index is 2.08. The number of nitrogens with two attached hydrogens (primary N) is 1. The van der Waals surface area contributed by atoms with E-state index in [1.807, 2.05) is 6.92 Å². The largest absolute Gasteiger partial charge is 0.382 e. The molecule has 2 aromatic rings. The predicted molar refractivity (Wildman–Crippen MR) is 64.9 cm³/mol. The van der Waals surface area contributed by atoms with Gasteiger partial charge in [0.05, 0.1) is 6.04 Å². The van der Waals surface area contributed by atoms with Crippen LogP contribution in [0.3, 0.4) is 0 Å². The molecular weight excluding hydrogens is 219 g/mol. The van der Waals surface area contributed by atoms with Gasteiger partial charge in [0, 0.05) is 0 Å². The summed E-state index contributed by atoms with van der Waals surface area (Å²) >= 11 is 0. The Labute approximate surface area is 98.7 Å². The quantitative estimate of drug-likeness (QED) is 0.852. The summed E-state index contributed by atoms with van der Waals surface area (Å²) in [7, 11) is 0. The Morgan fingerprint density at radius 1 is 1.12 bits per heavy atom. The van der Waals surface area contributed by atoms with Gasteiger partial charge in [0.15, 0.2) is 0 Å². The maximum atomic E-state index is 12.8. The van der Waals surface area contributed by atoms with Crippen molar-refractivity contribution in [1.82, 2.24) is 10.2 Å². The summed E-state index contributed by atoms with van der Waals surface area (Å²) in [5.41, 5.74) is 6.42. The minimum absolute atomic E-state index is 0.0218. The molecule has 1 unspecified atom stereocenters. The highest BCUT2D eigenvalue weighted by Gasteiger charge is 2.06. The molecule has 4 nitrogen and oxygen atoms in total. The second kappa shape index (κ2) is 4.78. The van der Waals surface area contributed by atoms with Gasteiger partial charge in [0.1, 0.15) is 17.5 Å². The van der Waals surface area contributed by atoms with Crippen molar-refractivity contribution in [2.45, 2.75) is 13.0 Å². The minimum atomic E-state index is -0.242. The van der Waals surface area contributed by atoms with E-state index in [1.165, 1.54) is 12.1 Å². The highest BCUT2D eigenvalue weighted by molar-refractivity contribution is 5.40. The molecule has 0 bridgehead atoms. The maximum Gasteiger partial charge on any atom is 0.149 e. The van der Waals surface area contributed by atoms with Crippen molar-refractivity contribution < 1.29 is 4.39 Å². The molecule has 88 valence electrons. The highest BCUT2D eigenvalue weighted by Crippen LogP contribution is 2.17. The van der Waals surface area contributed by atoms with Gasteiger partial charge in [-0.3, -0.25) is 0 Å². The summed E-state index contributed by atoms with van der Waals surface area (Å²) in [6, 6.07) is 9.78. The Morgan fingerprint density at radius 3 is 2.41 bits per heavy atom. The molecule has 0 fully saturated rings. The van der Waals surface area contributed by atoms with E-state index in [1.54, 1.807) is 24.3 Å². The third-order valence-corrected chi connectivity index (χ3v) is 2.42. The van der Waals surface area contributed by atoms with Crippen LogP contribution in [0.25, 0.3) is 0 Å². The maximum absolute atomic E-state index is 12.8. The molecule has 2 rings (SSSR count). The summed E-state index contributed by atoms with van der Waals surface area (Å²) in [5, 5.41) is 10.8. The number of rotatable bonds is 3. The van der Waals surface area contributed by atoms with Gasteiger partial charge in [-0.2, -0.15) is 0 Å². The molecule has 0 saturated heterocycles. The molecule has 0 aliphatic carbocycles. The lowest BCUT2D eigenvalue weighted by Crippen LogP contribution is -2.08. The molecule has 5 heteroatoms. The molecule has 3 N–H and O–H groups in total. The molecule has 0 amide bonds. The number of nitrogens with zero attached hydrogens (tertiary/aromatic N) is 2. The van der Waals surface area contributed by atoms with Crippen molar-refractivity contribution in [2.24, 2.45) is 0 Å². The first-order valence-corrected chi connectivity index (χ1v) is 5.26. The summed E-state index contributed by atoms with van der Waals surface area (Å²) in [6.07, 6.45) is 0. The van der Waals surface area contributed by atoms with E-state index in [9.17, 15) is 4.39 Å². The SMILES string of the molecule is CC(Nc1ccc(N)nn1)c1ccc(F)cc1. The third-order valence-electron chi connectivity index (χ3n) is 2.42. The number of aromatic nitrogens is 2. The lowest BCUT2D eigenvalue weighted by molar-refractivity contribution is 0.626. The average Bonchev–Trinajstić information content (AvgIpc) is 2.33. The first kappa shape index (κ1) is 11.3. The van der Waals surface area contributed by atoms with Crippen LogP contribution in [0.4, 0.5) is 16.0 Å². The van der Waals surface area contributed by atoms with E-state index < -0.39 is 0 Å². The van der Waals surface area contributed by atoms with E-state index >= 15 is 0 Å². The summed E-state index contributed by atoms with van der Waals surface area (Å²) in [4.78, 5) is 0. The predicted octanol–water partition coefficient (Wildman–Crippen LogP) is 2.37. The summed E-state index contributed by atoms with van der Waals surface area (Å²) in [5.74, 6) is 0.772. The van der Waals surface area contributed by atoms with Crippen molar-refractivity contribution in [3.63, 3.8) is 0 Å². The second-order valence-electron chi connectivity index (χ2n) is 3.76. The number of nitrogens with one attached hydrogen (secondary N) is 1. The topological polar surface area (TPSA) is 63.8 Å². The number of anilines is 2. The van der Waals surface area contributed by atoms with Crippen molar-refractivity contribution in [3.05, 3.63) is 47.8 Å². The van der Waals surface area contributed by atoms with Gasteiger partial charge >= 0.3 is 0 Å². The van der Waals surface area contributed by atoms with Crippen molar-refractivity contribution in [1.29, 1.82) is 0 Å². The molecule has 0 spiro atoms. The Bertz CT molecular complexity index is 481. The van der Waals surface area contributed by atoms with Crippen LogP contribution in [0.5, 0.6) is 0 Å². The molecule has 17 heavy (non-hydrogen) atoms. The Morgan fingerprint density at radius 2 is 1.82 bits per heavy atom. The fourth-order valence-electron chi connectivity index (χ4n) is 1.48. The van der Waals surface area contributed by atoms with Crippen LogP contribution >= 0.6 is 0 Å². The first-order valence-electron chi connectivity index (χ1n) is 5.26. The number of nitrogen functional groups attached to an aromatic ring is 1.